The van der Waals surface area contributed by atoms with Crippen molar-refractivity contribution in [2.75, 3.05) is 26.8 Å². The Hall–Kier alpha value is -2.56. The van der Waals surface area contributed by atoms with Crippen LogP contribution in [-0.4, -0.2) is 66.0 Å². The summed E-state index contributed by atoms with van der Waals surface area (Å²) in [6, 6.07) is 1.89. The van der Waals surface area contributed by atoms with Gasteiger partial charge in [0.15, 0.2) is 0 Å². The van der Waals surface area contributed by atoms with Gasteiger partial charge in [-0.2, -0.15) is 13.2 Å². The lowest BCUT2D eigenvalue weighted by molar-refractivity contribution is -0.140. The molecule has 184 valence electrons. The summed E-state index contributed by atoms with van der Waals surface area (Å²) in [5.41, 5.74) is -2.95. The van der Waals surface area contributed by atoms with Crippen molar-refractivity contribution < 1.29 is 41.7 Å². The number of ether oxygens (including phenoxy) is 2. The predicted octanol–water partition coefficient (Wildman–Crippen LogP) is 4.70. The summed E-state index contributed by atoms with van der Waals surface area (Å²) in [6.07, 6.45) is -6.83. The van der Waals surface area contributed by atoms with Crippen molar-refractivity contribution in [3.63, 3.8) is 0 Å². The van der Waals surface area contributed by atoms with E-state index in [1.54, 1.807) is 0 Å². The fourth-order valence-electron chi connectivity index (χ4n) is 4.56. The molecule has 1 aromatic carbocycles. The zero-order valence-electron chi connectivity index (χ0n) is 18.9. The highest BCUT2D eigenvalue weighted by Gasteiger charge is 2.55. The van der Waals surface area contributed by atoms with Gasteiger partial charge in [-0.05, 0) is 36.0 Å². The number of amides is 2. The summed E-state index contributed by atoms with van der Waals surface area (Å²) in [4.78, 5) is 27.2. The van der Waals surface area contributed by atoms with E-state index in [4.69, 9.17) is 9.47 Å². The first-order chi connectivity index (χ1) is 15.2. The minimum absolute atomic E-state index is 0.0867. The number of morpholine rings is 1. The van der Waals surface area contributed by atoms with Gasteiger partial charge in [0, 0.05) is 13.1 Å². The minimum atomic E-state index is -4.90. The van der Waals surface area contributed by atoms with Crippen molar-refractivity contribution in [3.8, 4) is 0 Å². The van der Waals surface area contributed by atoms with Crippen LogP contribution in [0, 0.1) is 11.2 Å². The van der Waals surface area contributed by atoms with Gasteiger partial charge in [0.1, 0.15) is 5.82 Å². The van der Waals surface area contributed by atoms with E-state index in [1.165, 1.54) is 15.9 Å². The van der Waals surface area contributed by atoms with Crippen LogP contribution >= 0.6 is 0 Å². The molecule has 1 saturated heterocycles. The zero-order chi connectivity index (χ0) is 24.8. The Bertz CT molecular complexity index is 911. The minimum Gasteiger partial charge on any atom is -0.465 e. The molecule has 0 aromatic heterocycles. The van der Waals surface area contributed by atoms with E-state index in [9.17, 15) is 32.3 Å². The standard InChI is InChI=1S/C22H28F4N2O5/c1-20(2,3)17-16(27(18(29)30)9-10-33-17)12-28(19(31)32-4)21(7-8-21)13-5-6-15(23)14(11-13)22(24,25)26/h5-6,11,16-17H,7-10,12H2,1-4H3,(H,29,30). The van der Waals surface area contributed by atoms with Crippen molar-refractivity contribution in [1.82, 2.24) is 9.80 Å². The van der Waals surface area contributed by atoms with E-state index in [-0.39, 0.29) is 25.3 Å². The molecule has 3 rings (SSSR count). The summed E-state index contributed by atoms with van der Waals surface area (Å²) >= 11 is 0. The second kappa shape index (κ2) is 8.66. The molecule has 1 heterocycles. The average molecular weight is 476 g/mol. The van der Waals surface area contributed by atoms with E-state index in [2.05, 4.69) is 0 Å². The first kappa shape index (κ1) is 25.1. The number of hydrogen-bond acceptors (Lipinski definition) is 4. The second-order valence-corrected chi connectivity index (χ2v) is 9.51. The molecule has 0 bridgehead atoms. The van der Waals surface area contributed by atoms with E-state index in [0.717, 1.165) is 13.2 Å². The lowest BCUT2D eigenvalue weighted by atomic mass is 9.82. The van der Waals surface area contributed by atoms with E-state index in [0.29, 0.717) is 18.9 Å². The molecule has 11 heteroatoms. The number of methoxy groups -OCH3 is 1. The van der Waals surface area contributed by atoms with Gasteiger partial charge in [0.05, 0.1) is 37.0 Å². The van der Waals surface area contributed by atoms with E-state index in [1.807, 2.05) is 20.8 Å². The van der Waals surface area contributed by atoms with Gasteiger partial charge in [0.25, 0.3) is 0 Å². The molecule has 2 amide bonds. The van der Waals surface area contributed by atoms with Crippen molar-refractivity contribution in [1.29, 1.82) is 0 Å². The molecule has 2 fully saturated rings. The maximum absolute atomic E-state index is 13.9. The number of halogens is 4. The van der Waals surface area contributed by atoms with Gasteiger partial charge in [-0.25, -0.2) is 14.0 Å². The van der Waals surface area contributed by atoms with Crippen LogP contribution in [0.15, 0.2) is 18.2 Å². The van der Waals surface area contributed by atoms with Crippen molar-refractivity contribution in [2.45, 2.75) is 57.5 Å². The summed E-state index contributed by atoms with van der Waals surface area (Å²) in [5.74, 6) is -1.41. The van der Waals surface area contributed by atoms with Gasteiger partial charge in [-0.1, -0.05) is 26.8 Å². The predicted molar refractivity (Wildman–Crippen MR) is 109 cm³/mol. The monoisotopic (exact) mass is 476 g/mol. The van der Waals surface area contributed by atoms with Crippen LogP contribution in [0.4, 0.5) is 27.2 Å². The Morgan fingerprint density at radius 2 is 1.91 bits per heavy atom. The summed E-state index contributed by atoms with van der Waals surface area (Å²) in [7, 11) is 1.14. The van der Waals surface area contributed by atoms with Crippen LogP contribution in [0.3, 0.4) is 0 Å². The molecule has 7 nitrogen and oxygen atoms in total. The van der Waals surface area contributed by atoms with Crippen LogP contribution < -0.4 is 0 Å². The molecule has 2 aliphatic rings. The number of carbonyl (C=O) groups is 2. The molecule has 33 heavy (non-hydrogen) atoms. The number of carboxylic acid groups (broad SMARTS) is 1. The molecule has 1 aliphatic carbocycles. The molecule has 1 saturated carbocycles. The SMILES string of the molecule is COC(=O)N(CC1C(C(C)(C)C)OCCN1C(=O)O)C1(c2ccc(F)c(C(F)(F)F)c2)CC1. The maximum Gasteiger partial charge on any atom is 0.419 e. The average Bonchev–Trinajstić information content (AvgIpc) is 3.51. The normalized spacial score (nSPS) is 22.6. The third kappa shape index (κ3) is 4.87. The number of carbonyl (C=O) groups excluding carboxylic acids is 1. The van der Waals surface area contributed by atoms with E-state index < -0.39 is 52.8 Å². The molecule has 2 unspecified atom stereocenters. The first-order valence-corrected chi connectivity index (χ1v) is 10.6. The number of alkyl halides is 3. The summed E-state index contributed by atoms with van der Waals surface area (Å²) in [5, 5.41) is 9.76. The fourth-order valence-corrected chi connectivity index (χ4v) is 4.56. The van der Waals surface area contributed by atoms with Gasteiger partial charge >= 0.3 is 18.4 Å². The summed E-state index contributed by atoms with van der Waals surface area (Å²) in [6.45, 7) is 5.74. The first-order valence-electron chi connectivity index (χ1n) is 10.6. The summed E-state index contributed by atoms with van der Waals surface area (Å²) < 4.78 is 64.7. The number of nitrogens with zero attached hydrogens (tertiary/aromatic N) is 2. The smallest absolute Gasteiger partial charge is 0.419 e. The Morgan fingerprint density at radius 3 is 2.39 bits per heavy atom. The zero-order valence-corrected chi connectivity index (χ0v) is 18.9. The van der Waals surface area contributed by atoms with Crippen LogP contribution in [0.1, 0.15) is 44.7 Å². The van der Waals surface area contributed by atoms with Gasteiger partial charge in [-0.3, -0.25) is 9.80 Å². The molecule has 0 radical (unpaired) electrons. The molecule has 2 atom stereocenters. The van der Waals surface area contributed by atoms with Crippen LogP contribution in [0.5, 0.6) is 0 Å². The second-order valence-electron chi connectivity index (χ2n) is 9.51. The Labute approximate surface area is 189 Å². The van der Waals surface area contributed by atoms with Gasteiger partial charge in [-0.15, -0.1) is 0 Å². The quantitative estimate of drug-likeness (QED) is 0.638. The highest BCUT2D eigenvalue weighted by atomic mass is 19.4. The van der Waals surface area contributed by atoms with Crippen molar-refractivity contribution in [3.05, 3.63) is 35.1 Å². The lowest BCUT2D eigenvalue weighted by Gasteiger charge is -2.47. The fraction of sp³-hybridized carbons (Fsp3) is 0.636. The Morgan fingerprint density at radius 1 is 1.27 bits per heavy atom. The van der Waals surface area contributed by atoms with Gasteiger partial charge in [0.2, 0.25) is 0 Å². The van der Waals surface area contributed by atoms with Crippen LogP contribution in [0.25, 0.3) is 0 Å². The number of benzene rings is 1. The van der Waals surface area contributed by atoms with Crippen molar-refractivity contribution in [2.24, 2.45) is 5.41 Å². The highest BCUT2D eigenvalue weighted by molar-refractivity contribution is 5.70. The maximum atomic E-state index is 13.9. The number of rotatable bonds is 4. The van der Waals surface area contributed by atoms with Crippen LogP contribution in [-0.2, 0) is 21.2 Å². The van der Waals surface area contributed by atoms with Crippen LogP contribution in [0.2, 0.25) is 0 Å². The Kier molecular flexibility index (Phi) is 6.58. The van der Waals surface area contributed by atoms with Crippen molar-refractivity contribution >= 4 is 12.2 Å². The largest absolute Gasteiger partial charge is 0.465 e. The third-order valence-electron chi connectivity index (χ3n) is 6.29. The molecular weight excluding hydrogens is 448 g/mol. The molecule has 1 N–H and O–H groups in total. The van der Waals surface area contributed by atoms with E-state index >= 15 is 0 Å². The molecule has 0 spiro atoms. The van der Waals surface area contributed by atoms with Gasteiger partial charge < -0.3 is 14.6 Å². The molecular formula is C22H28F4N2O5. The topological polar surface area (TPSA) is 79.3 Å². The lowest BCUT2D eigenvalue weighted by Crippen LogP contribution is -2.62. The molecule has 1 aliphatic heterocycles. The number of hydrogen-bond donors (Lipinski definition) is 1. The third-order valence-corrected chi connectivity index (χ3v) is 6.29. The molecule has 1 aromatic rings. The Balaban J connectivity index is 2.04. The highest BCUT2D eigenvalue weighted by Crippen LogP contribution is 2.52.